The molecule has 0 aliphatic rings. The van der Waals surface area contributed by atoms with Crippen molar-refractivity contribution in [1.82, 2.24) is 15.0 Å². The van der Waals surface area contributed by atoms with E-state index < -0.39 is 5.97 Å². The molecule has 0 saturated heterocycles. The van der Waals surface area contributed by atoms with Gasteiger partial charge in [-0.05, 0) is 30.0 Å². The van der Waals surface area contributed by atoms with Crippen molar-refractivity contribution >= 4 is 11.8 Å². The molecule has 0 unspecified atom stereocenters. The van der Waals surface area contributed by atoms with Gasteiger partial charge in [-0.15, -0.1) is 5.10 Å². The molecule has 1 heterocycles. The average molecular weight is 288 g/mol. The molecule has 0 spiro atoms. The largest absolute Gasteiger partial charge is 0.461 e. The molecule has 0 saturated carbocycles. The number of nitrogen functional groups attached to an aromatic ring is 1. The van der Waals surface area contributed by atoms with E-state index in [4.69, 9.17) is 10.5 Å². The van der Waals surface area contributed by atoms with Crippen LogP contribution in [0.1, 0.15) is 43.7 Å². The van der Waals surface area contributed by atoms with Gasteiger partial charge in [0.25, 0.3) is 0 Å². The molecule has 1 aromatic carbocycles. The van der Waals surface area contributed by atoms with Crippen molar-refractivity contribution in [2.24, 2.45) is 0 Å². The van der Waals surface area contributed by atoms with E-state index in [1.54, 1.807) is 6.92 Å². The Balaban J connectivity index is 2.33. The maximum atomic E-state index is 11.7. The van der Waals surface area contributed by atoms with Crippen LogP contribution in [0.15, 0.2) is 24.3 Å². The van der Waals surface area contributed by atoms with E-state index in [0.29, 0.717) is 0 Å². The van der Waals surface area contributed by atoms with Gasteiger partial charge in [0.15, 0.2) is 5.82 Å². The standard InChI is InChI=1S/C15H20N4O2/c1-5-21-14(20)12-13(16)19(18-17-12)11-8-6-10(7-9-11)15(2,3)4/h6-9H,5,16H2,1-4H3. The summed E-state index contributed by atoms with van der Waals surface area (Å²) in [7, 11) is 0. The van der Waals surface area contributed by atoms with Crippen LogP contribution in [0.3, 0.4) is 0 Å². The Labute approximate surface area is 123 Å². The number of ether oxygens (including phenoxy) is 1. The van der Waals surface area contributed by atoms with Crippen LogP contribution in [0.5, 0.6) is 0 Å². The van der Waals surface area contributed by atoms with E-state index in [2.05, 4.69) is 31.1 Å². The Morgan fingerprint density at radius 2 is 1.90 bits per heavy atom. The molecule has 0 aliphatic heterocycles. The Hall–Kier alpha value is -2.37. The molecule has 0 fully saturated rings. The number of anilines is 1. The van der Waals surface area contributed by atoms with E-state index in [1.165, 1.54) is 10.2 Å². The number of carbonyl (C=O) groups excluding carboxylic acids is 1. The monoisotopic (exact) mass is 288 g/mol. The number of nitrogens with zero attached hydrogens (tertiary/aromatic N) is 3. The van der Waals surface area contributed by atoms with Crippen molar-refractivity contribution in [2.75, 3.05) is 12.3 Å². The van der Waals surface area contributed by atoms with Crippen LogP contribution >= 0.6 is 0 Å². The van der Waals surface area contributed by atoms with Gasteiger partial charge in [-0.2, -0.15) is 4.68 Å². The van der Waals surface area contributed by atoms with Gasteiger partial charge >= 0.3 is 5.97 Å². The third-order valence-electron chi connectivity index (χ3n) is 3.15. The summed E-state index contributed by atoms with van der Waals surface area (Å²) >= 11 is 0. The number of benzene rings is 1. The molecule has 112 valence electrons. The molecule has 2 rings (SSSR count). The lowest BCUT2D eigenvalue weighted by molar-refractivity contribution is 0.0520. The first kappa shape index (κ1) is 15.0. The first-order valence-corrected chi connectivity index (χ1v) is 6.83. The van der Waals surface area contributed by atoms with E-state index in [1.807, 2.05) is 24.3 Å². The number of aromatic nitrogens is 3. The van der Waals surface area contributed by atoms with E-state index in [9.17, 15) is 4.79 Å². The highest BCUT2D eigenvalue weighted by Crippen LogP contribution is 2.24. The molecular formula is C15H20N4O2. The van der Waals surface area contributed by atoms with Gasteiger partial charge in [-0.25, -0.2) is 4.79 Å². The van der Waals surface area contributed by atoms with Crippen LogP contribution in [0, 0.1) is 0 Å². The third-order valence-corrected chi connectivity index (χ3v) is 3.15. The van der Waals surface area contributed by atoms with Crippen molar-refractivity contribution in [3.8, 4) is 5.69 Å². The summed E-state index contributed by atoms with van der Waals surface area (Å²) in [5, 5.41) is 7.72. The van der Waals surface area contributed by atoms with Crippen LogP contribution in [-0.2, 0) is 10.2 Å². The lowest BCUT2D eigenvalue weighted by atomic mass is 9.87. The second-order valence-electron chi connectivity index (χ2n) is 5.75. The Morgan fingerprint density at radius 3 is 2.43 bits per heavy atom. The SMILES string of the molecule is CCOC(=O)c1nnn(-c2ccc(C(C)(C)C)cc2)c1N. The van der Waals surface area contributed by atoms with E-state index >= 15 is 0 Å². The smallest absolute Gasteiger partial charge is 0.362 e. The summed E-state index contributed by atoms with van der Waals surface area (Å²) in [6, 6.07) is 7.84. The predicted octanol–water partition coefficient (Wildman–Crippen LogP) is 2.32. The fourth-order valence-corrected chi connectivity index (χ4v) is 1.93. The number of nitrogens with two attached hydrogens (primary N) is 1. The molecule has 21 heavy (non-hydrogen) atoms. The molecule has 0 aliphatic carbocycles. The molecule has 0 atom stereocenters. The Kier molecular flexibility index (Phi) is 3.97. The molecule has 0 radical (unpaired) electrons. The fourth-order valence-electron chi connectivity index (χ4n) is 1.93. The van der Waals surface area contributed by atoms with Crippen molar-refractivity contribution in [2.45, 2.75) is 33.1 Å². The van der Waals surface area contributed by atoms with E-state index in [0.717, 1.165) is 5.69 Å². The minimum Gasteiger partial charge on any atom is -0.461 e. The summed E-state index contributed by atoms with van der Waals surface area (Å²) in [5.74, 6) is -0.385. The third kappa shape index (κ3) is 3.04. The lowest BCUT2D eigenvalue weighted by Crippen LogP contribution is -2.11. The van der Waals surface area contributed by atoms with Gasteiger partial charge in [-0.1, -0.05) is 38.1 Å². The normalized spacial score (nSPS) is 11.4. The number of hydrogen-bond donors (Lipinski definition) is 1. The topological polar surface area (TPSA) is 83.0 Å². The van der Waals surface area contributed by atoms with Crippen LogP contribution in [0.25, 0.3) is 5.69 Å². The van der Waals surface area contributed by atoms with Gasteiger partial charge in [0.1, 0.15) is 0 Å². The molecular weight excluding hydrogens is 268 g/mol. The minimum atomic E-state index is -0.562. The first-order chi connectivity index (χ1) is 9.84. The zero-order valence-corrected chi connectivity index (χ0v) is 12.8. The van der Waals surface area contributed by atoms with Gasteiger partial charge < -0.3 is 10.5 Å². The second-order valence-corrected chi connectivity index (χ2v) is 5.75. The average Bonchev–Trinajstić information content (AvgIpc) is 2.80. The maximum Gasteiger partial charge on any atom is 0.362 e. The van der Waals surface area contributed by atoms with Crippen LogP contribution in [-0.4, -0.2) is 27.6 Å². The van der Waals surface area contributed by atoms with Crippen LogP contribution in [0.2, 0.25) is 0 Å². The molecule has 2 aromatic rings. The highest BCUT2D eigenvalue weighted by Gasteiger charge is 2.20. The maximum absolute atomic E-state index is 11.7. The van der Waals surface area contributed by atoms with Gasteiger partial charge in [0.2, 0.25) is 5.69 Å². The first-order valence-electron chi connectivity index (χ1n) is 6.83. The Morgan fingerprint density at radius 1 is 1.29 bits per heavy atom. The fraction of sp³-hybridized carbons (Fsp3) is 0.400. The zero-order valence-electron chi connectivity index (χ0n) is 12.8. The summed E-state index contributed by atoms with van der Waals surface area (Å²) in [6.45, 7) is 8.43. The van der Waals surface area contributed by atoms with Gasteiger partial charge in [0.05, 0.1) is 12.3 Å². The summed E-state index contributed by atoms with van der Waals surface area (Å²) in [4.78, 5) is 11.7. The quantitative estimate of drug-likeness (QED) is 0.876. The van der Waals surface area contributed by atoms with Crippen molar-refractivity contribution < 1.29 is 9.53 Å². The summed E-state index contributed by atoms with van der Waals surface area (Å²) in [6.07, 6.45) is 0. The molecule has 0 bridgehead atoms. The number of esters is 1. The summed E-state index contributed by atoms with van der Waals surface area (Å²) < 4.78 is 6.32. The van der Waals surface area contributed by atoms with Crippen LogP contribution in [0.4, 0.5) is 5.82 Å². The van der Waals surface area contributed by atoms with Crippen molar-refractivity contribution in [1.29, 1.82) is 0 Å². The molecule has 6 nitrogen and oxygen atoms in total. The predicted molar refractivity (Wildman–Crippen MR) is 80.4 cm³/mol. The number of rotatable bonds is 3. The number of hydrogen-bond acceptors (Lipinski definition) is 5. The van der Waals surface area contributed by atoms with Crippen molar-refractivity contribution in [3.63, 3.8) is 0 Å². The molecule has 6 heteroatoms. The second kappa shape index (κ2) is 5.55. The number of carbonyl (C=O) groups is 1. The van der Waals surface area contributed by atoms with E-state index in [-0.39, 0.29) is 23.5 Å². The summed E-state index contributed by atoms with van der Waals surface area (Å²) in [5.41, 5.74) is 8.00. The van der Waals surface area contributed by atoms with Crippen molar-refractivity contribution in [3.05, 3.63) is 35.5 Å². The molecule has 0 amide bonds. The lowest BCUT2D eigenvalue weighted by Gasteiger charge is -2.19. The zero-order chi connectivity index (χ0) is 15.6. The Bertz CT molecular complexity index is 639. The minimum absolute atomic E-state index is 0.0387. The molecule has 2 N–H and O–H groups in total. The molecule has 1 aromatic heterocycles. The van der Waals surface area contributed by atoms with Crippen LogP contribution < -0.4 is 5.73 Å². The highest BCUT2D eigenvalue weighted by atomic mass is 16.5. The highest BCUT2D eigenvalue weighted by molar-refractivity contribution is 5.92. The van der Waals surface area contributed by atoms with Gasteiger partial charge in [0, 0.05) is 0 Å². The van der Waals surface area contributed by atoms with Gasteiger partial charge in [-0.3, -0.25) is 0 Å².